The predicted octanol–water partition coefficient (Wildman–Crippen LogP) is 2.51. The highest BCUT2D eigenvalue weighted by Crippen LogP contribution is 2.14. The lowest BCUT2D eigenvalue weighted by molar-refractivity contribution is -0.117. The molecule has 0 unspecified atom stereocenters. The molecule has 11 heteroatoms. The minimum absolute atomic E-state index is 0.0139. The molecule has 0 spiro atoms. The number of benzene rings is 1. The molecule has 0 bridgehead atoms. The summed E-state index contributed by atoms with van der Waals surface area (Å²) in [6.45, 7) is 0. The van der Waals surface area contributed by atoms with Gasteiger partial charge in [-0.05, 0) is 41.8 Å². The Hall–Kier alpha value is -3.54. The number of hydrogen-bond donors (Lipinski definition) is 3. The Bertz CT molecular complexity index is 1200. The topological polar surface area (TPSA) is 138 Å². The van der Waals surface area contributed by atoms with Crippen LogP contribution in [0, 0.1) is 0 Å². The van der Waals surface area contributed by atoms with Crippen molar-refractivity contribution in [3.63, 3.8) is 0 Å². The zero-order chi connectivity index (χ0) is 21.6. The molecule has 0 saturated heterocycles. The molecule has 154 valence electrons. The maximum absolute atomic E-state index is 12.5. The Morgan fingerprint density at radius 2 is 1.83 bits per heavy atom. The normalized spacial score (nSPS) is 12.1. The molecule has 30 heavy (non-hydrogen) atoms. The van der Waals surface area contributed by atoms with E-state index in [1.807, 2.05) is 5.38 Å². The fraction of sp³-hybridized carbons (Fsp3) is 0. The highest BCUT2D eigenvalue weighted by atomic mass is 32.2. The molecule has 3 aromatic rings. The highest BCUT2D eigenvalue weighted by Gasteiger charge is 2.16. The van der Waals surface area contributed by atoms with Crippen LogP contribution in [0.1, 0.15) is 21.0 Å². The Morgan fingerprint density at radius 1 is 1.07 bits per heavy atom. The molecule has 3 N–H and O–H groups in total. The molecule has 0 aliphatic heterocycles. The molecule has 2 heterocycles. The van der Waals surface area contributed by atoms with Crippen LogP contribution in [-0.4, -0.2) is 31.0 Å². The molecule has 0 aliphatic rings. The molecular weight excluding hydrogens is 430 g/mol. The van der Waals surface area contributed by atoms with Crippen molar-refractivity contribution in [2.75, 3.05) is 0 Å². The van der Waals surface area contributed by atoms with Crippen LogP contribution in [0.4, 0.5) is 0 Å². The molecule has 0 atom stereocenters. The SMILES string of the molecule is O=C(N/N=C/c1ccc(S(=O)(=O)O)o1)/C(=C\c1cccs1)NC(=O)c1ccccc1. The van der Waals surface area contributed by atoms with E-state index < -0.39 is 27.0 Å². The van der Waals surface area contributed by atoms with Gasteiger partial charge in [-0.25, -0.2) is 5.43 Å². The van der Waals surface area contributed by atoms with Gasteiger partial charge in [0.2, 0.25) is 5.09 Å². The number of thiophene rings is 1. The minimum atomic E-state index is -4.48. The summed E-state index contributed by atoms with van der Waals surface area (Å²) in [4.78, 5) is 25.7. The second-order valence-corrected chi connectivity index (χ2v) is 8.06. The second kappa shape index (κ2) is 9.31. The molecule has 2 aromatic heterocycles. The van der Waals surface area contributed by atoms with Gasteiger partial charge in [0.05, 0.1) is 6.21 Å². The maximum Gasteiger partial charge on any atom is 0.328 e. The third-order valence-corrected chi connectivity index (χ3v) is 5.12. The summed E-state index contributed by atoms with van der Waals surface area (Å²) in [7, 11) is -4.48. The molecule has 9 nitrogen and oxygen atoms in total. The van der Waals surface area contributed by atoms with E-state index in [1.165, 1.54) is 23.5 Å². The van der Waals surface area contributed by atoms with E-state index in [9.17, 15) is 18.0 Å². The van der Waals surface area contributed by atoms with Crippen molar-refractivity contribution in [2.24, 2.45) is 5.10 Å². The van der Waals surface area contributed by atoms with Crippen LogP contribution in [0.3, 0.4) is 0 Å². The van der Waals surface area contributed by atoms with Crippen molar-refractivity contribution in [1.29, 1.82) is 0 Å². The number of carbonyl (C=O) groups is 2. The molecule has 0 saturated carbocycles. The largest absolute Gasteiger partial charge is 0.441 e. The van der Waals surface area contributed by atoms with Gasteiger partial charge in [-0.2, -0.15) is 13.5 Å². The summed E-state index contributed by atoms with van der Waals surface area (Å²) in [5, 5.41) is 7.41. The van der Waals surface area contributed by atoms with E-state index in [0.717, 1.165) is 17.2 Å². The molecule has 2 amide bonds. The summed E-state index contributed by atoms with van der Waals surface area (Å²) in [6.07, 6.45) is 2.55. The van der Waals surface area contributed by atoms with Crippen molar-refractivity contribution in [3.8, 4) is 0 Å². The quantitative estimate of drug-likeness (QED) is 0.221. The Balaban J connectivity index is 1.74. The zero-order valence-electron chi connectivity index (χ0n) is 15.2. The lowest BCUT2D eigenvalue weighted by Gasteiger charge is -2.08. The summed E-state index contributed by atoms with van der Waals surface area (Å²) >= 11 is 1.38. The van der Waals surface area contributed by atoms with E-state index in [4.69, 9.17) is 8.97 Å². The number of hydrogen-bond acceptors (Lipinski definition) is 7. The lowest BCUT2D eigenvalue weighted by atomic mass is 10.2. The Labute approximate surface area is 175 Å². The van der Waals surface area contributed by atoms with Crippen LogP contribution in [0.25, 0.3) is 6.08 Å². The van der Waals surface area contributed by atoms with Crippen LogP contribution in [0.5, 0.6) is 0 Å². The second-order valence-electron chi connectivity index (χ2n) is 5.72. The number of hydrazone groups is 1. The van der Waals surface area contributed by atoms with Gasteiger partial charge >= 0.3 is 10.1 Å². The van der Waals surface area contributed by atoms with Gasteiger partial charge < -0.3 is 9.73 Å². The Morgan fingerprint density at radius 3 is 2.47 bits per heavy atom. The minimum Gasteiger partial charge on any atom is -0.441 e. The van der Waals surface area contributed by atoms with Gasteiger partial charge in [-0.1, -0.05) is 24.3 Å². The average molecular weight is 445 g/mol. The van der Waals surface area contributed by atoms with Gasteiger partial charge in [0.1, 0.15) is 11.5 Å². The van der Waals surface area contributed by atoms with Crippen molar-refractivity contribution < 1.29 is 27.0 Å². The third-order valence-electron chi connectivity index (χ3n) is 3.57. The first-order chi connectivity index (χ1) is 14.3. The number of furan rings is 1. The monoisotopic (exact) mass is 445 g/mol. The number of carbonyl (C=O) groups excluding carboxylic acids is 2. The van der Waals surface area contributed by atoms with Crippen molar-refractivity contribution in [3.05, 3.63) is 81.9 Å². The maximum atomic E-state index is 12.5. The smallest absolute Gasteiger partial charge is 0.328 e. The van der Waals surface area contributed by atoms with Crippen LogP contribution in [-0.2, 0) is 14.9 Å². The van der Waals surface area contributed by atoms with Gasteiger partial charge in [0, 0.05) is 10.4 Å². The van der Waals surface area contributed by atoms with Gasteiger partial charge in [0.15, 0.2) is 0 Å². The summed E-state index contributed by atoms with van der Waals surface area (Å²) in [6, 6.07) is 14.2. The standard InChI is InChI=1S/C19H15N3O6S2/c23-18(13-5-2-1-3-6-13)21-16(11-15-7-4-10-29-15)19(24)22-20-12-14-8-9-17(28-14)30(25,26)27/h1-12H,(H,21,23)(H,22,24)(H,25,26,27)/b16-11+,20-12+. The fourth-order valence-electron chi connectivity index (χ4n) is 2.22. The molecular formula is C19H15N3O6S2. The summed E-state index contributed by atoms with van der Waals surface area (Å²) < 4.78 is 35.8. The molecule has 0 radical (unpaired) electrons. The number of amides is 2. The highest BCUT2D eigenvalue weighted by molar-refractivity contribution is 7.85. The summed E-state index contributed by atoms with van der Waals surface area (Å²) in [5.74, 6) is -1.19. The lowest BCUT2D eigenvalue weighted by Crippen LogP contribution is -2.32. The molecule has 3 rings (SSSR count). The van der Waals surface area contributed by atoms with Gasteiger partial charge in [-0.15, -0.1) is 11.3 Å². The molecule has 0 fully saturated rings. The average Bonchev–Trinajstić information content (AvgIpc) is 3.40. The van der Waals surface area contributed by atoms with E-state index in [2.05, 4.69) is 15.8 Å². The third kappa shape index (κ3) is 5.73. The molecule has 0 aliphatic carbocycles. The van der Waals surface area contributed by atoms with Gasteiger partial charge in [0.25, 0.3) is 11.8 Å². The van der Waals surface area contributed by atoms with E-state index in [1.54, 1.807) is 42.5 Å². The van der Waals surface area contributed by atoms with E-state index in [0.29, 0.717) is 5.56 Å². The number of nitrogens with one attached hydrogen (secondary N) is 2. The van der Waals surface area contributed by atoms with Crippen LogP contribution < -0.4 is 10.7 Å². The van der Waals surface area contributed by atoms with Crippen molar-refractivity contribution >= 4 is 45.6 Å². The number of rotatable bonds is 7. The zero-order valence-corrected chi connectivity index (χ0v) is 16.8. The predicted molar refractivity (Wildman–Crippen MR) is 110 cm³/mol. The van der Waals surface area contributed by atoms with Gasteiger partial charge in [-0.3, -0.25) is 14.1 Å². The summed E-state index contributed by atoms with van der Waals surface area (Å²) in [5.41, 5.74) is 2.56. The van der Waals surface area contributed by atoms with E-state index >= 15 is 0 Å². The Kier molecular flexibility index (Phi) is 6.57. The van der Waals surface area contributed by atoms with Crippen molar-refractivity contribution in [2.45, 2.75) is 5.09 Å². The van der Waals surface area contributed by atoms with Crippen LogP contribution in [0.2, 0.25) is 0 Å². The first kappa shape index (κ1) is 21.2. The van der Waals surface area contributed by atoms with E-state index in [-0.39, 0.29) is 11.5 Å². The van der Waals surface area contributed by atoms with Crippen LogP contribution in [0.15, 0.2) is 80.3 Å². The van der Waals surface area contributed by atoms with Crippen LogP contribution >= 0.6 is 11.3 Å². The number of nitrogens with zero attached hydrogens (tertiary/aromatic N) is 1. The molecule has 1 aromatic carbocycles. The fourth-order valence-corrected chi connectivity index (χ4v) is 3.31. The van der Waals surface area contributed by atoms with Crippen molar-refractivity contribution in [1.82, 2.24) is 10.7 Å². The first-order valence-corrected chi connectivity index (χ1v) is 10.7. The first-order valence-electron chi connectivity index (χ1n) is 8.35.